The second-order valence-corrected chi connectivity index (χ2v) is 4.01. The van der Waals surface area contributed by atoms with Crippen molar-refractivity contribution in [2.45, 2.75) is 32.3 Å². The molecule has 1 aliphatic rings. The lowest BCUT2D eigenvalue weighted by molar-refractivity contribution is 0.0430. The van der Waals surface area contributed by atoms with E-state index >= 15 is 0 Å². The lowest BCUT2D eigenvalue weighted by Gasteiger charge is -2.25. The Hall–Kier alpha value is 0.110. The Morgan fingerprint density at radius 1 is 1.73 bits per heavy atom. The van der Waals surface area contributed by atoms with E-state index in [4.69, 9.17) is 9.42 Å². The third kappa shape index (κ3) is 2.91. The molecular formula is C6H13O4P. The van der Waals surface area contributed by atoms with Gasteiger partial charge in [0.25, 0.3) is 0 Å². The van der Waals surface area contributed by atoms with Gasteiger partial charge in [0, 0.05) is 0 Å². The second-order valence-electron chi connectivity index (χ2n) is 2.61. The molecule has 2 atom stereocenters. The minimum absolute atomic E-state index is 0.0930. The van der Waals surface area contributed by atoms with Gasteiger partial charge in [-0.3, -0.25) is 9.05 Å². The Bertz CT molecular complexity index is 168. The number of hydrogen-bond donors (Lipinski definition) is 1. The summed E-state index contributed by atoms with van der Waals surface area (Å²) >= 11 is 0. The van der Waals surface area contributed by atoms with Crippen molar-refractivity contribution in [1.29, 1.82) is 0 Å². The average Bonchev–Trinajstić information content (AvgIpc) is 1.85. The molecule has 1 aliphatic heterocycles. The van der Waals surface area contributed by atoms with E-state index in [1.54, 1.807) is 0 Å². The van der Waals surface area contributed by atoms with E-state index in [0.717, 1.165) is 19.3 Å². The van der Waals surface area contributed by atoms with E-state index in [1.807, 2.05) is 6.92 Å². The fourth-order valence-electron chi connectivity index (χ4n) is 1.09. The predicted octanol–water partition coefficient (Wildman–Crippen LogP) is 1.69. The van der Waals surface area contributed by atoms with Crippen LogP contribution in [-0.4, -0.2) is 17.6 Å². The van der Waals surface area contributed by atoms with Crippen molar-refractivity contribution in [3.05, 3.63) is 0 Å². The molecule has 1 heterocycles. The van der Waals surface area contributed by atoms with Crippen molar-refractivity contribution in [3.63, 3.8) is 0 Å². The summed E-state index contributed by atoms with van der Waals surface area (Å²) in [5.74, 6) is 0. The summed E-state index contributed by atoms with van der Waals surface area (Å²) < 4.78 is 20.2. The van der Waals surface area contributed by atoms with Crippen LogP contribution in [0.1, 0.15) is 26.2 Å². The third-order valence-corrected chi connectivity index (χ3v) is 2.66. The van der Waals surface area contributed by atoms with Crippen molar-refractivity contribution >= 4 is 7.82 Å². The third-order valence-electron chi connectivity index (χ3n) is 1.59. The SMILES string of the molecule is CCCC1CCOP(=O)(O)O1. The highest BCUT2D eigenvalue weighted by atomic mass is 31.2. The fourth-order valence-corrected chi connectivity index (χ4v) is 2.07. The Morgan fingerprint density at radius 3 is 3.00 bits per heavy atom. The molecule has 1 N–H and O–H groups in total. The van der Waals surface area contributed by atoms with E-state index in [2.05, 4.69) is 4.52 Å². The van der Waals surface area contributed by atoms with E-state index in [-0.39, 0.29) is 6.10 Å². The zero-order valence-corrected chi connectivity index (χ0v) is 7.42. The number of phosphoric acid groups is 1. The lowest BCUT2D eigenvalue weighted by atomic mass is 10.1. The lowest BCUT2D eigenvalue weighted by Crippen LogP contribution is -2.19. The molecular weight excluding hydrogens is 167 g/mol. The summed E-state index contributed by atoms with van der Waals surface area (Å²) in [7, 11) is -3.67. The Labute approximate surface area is 66.1 Å². The van der Waals surface area contributed by atoms with Crippen LogP contribution in [-0.2, 0) is 13.6 Å². The van der Waals surface area contributed by atoms with Gasteiger partial charge in [0.05, 0.1) is 12.7 Å². The molecule has 1 fully saturated rings. The van der Waals surface area contributed by atoms with E-state index in [1.165, 1.54) is 0 Å². The van der Waals surface area contributed by atoms with Crippen LogP contribution in [0.4, 0.5) is 0 Å². The number of phosphoric ester groups is 1. The quantitative estimate of drug-likeness (QED) is 0.657. The van der Waals surface area contributed by atoms with Crippen molar-refractivity contribution in [2.75, 3.05) is 6.61 Å². The molecule has 0 amide bonds. The first-order valence-corrected chi connectivity index (χ1v) is 5.29. The molecule has 0 bridgehead atoms. The maximum atomic E-state index is 10.8. The Morgan fingerprint density at radius 2 is 2.45 bits per heavy atom. The van der Waals surface area contributed by atoms with Crippen LogP contribution in [0.3, 0.4) is 0 Å². The summed E-state index contributed by atoms with van der Waals surface area (Å²) in [6.45, 7) is 2.35. The smallest absolute Gasteiger partial charge is 0.302 e. The molecule has 5 heteroatoms. The van der Waals surface area contributed by atoms with E-state index in [0.29, 0.717) is 6.61 Å². The zero-order chi connectivity index (χ0) is 8.32. The van der Waals surface area contributed by atoms with Gasteiger partial charge in [0.2, 0.25) is 0 Å². The molecule has 66 valence electrons. The standard InChI is InChI=1S/C6H13O4P/c1-2-3-6-4-5-9-11(7,8)10-6/h6H,2-5H2,1H3,(H,7,8). The minimum atomic E-state index is -3.67. The van der Waals surface area contributed by atoms with E-state index in [9.17, 15) is 4.57 Å². The molecule has 0 spiro atoms. The predicted molar refractivity (Wildman–Crippen MR) is 40.2 cm³/mol. The summed E-state index contributed by atoms with van der Waals surface area (Å²) in [6.07, 6.45) is 2.42. The van der Waals surface area contributed by atoms with Crippen molar-refractivity contribution in [1.82, 2.24) is 0 Å². The van der Waals surface area contributed by atoms with E-state index < -0.39 is 7.82 Å². The van der Waals surface area contributed by atoms with Crippen LogP contribution in [0, 0.1) is 0 Å². The van der Waals surface area contributed by atoms with Gasteiger partial charge in [0.1, 0.15) is 0 Å². The highest BCUT2D eigenvalue weighted by Gasteiger charge is 2.30. The summed E-state index contributed by atoms with van der Waals surface area (Å²) in [4.78, 5) is 8.88. The second kappa shape index (κ2) is 3.68. The highest BCUT2D eigenvalue weighted by Crippen LogP contribution is 2.48. The van der Waals surface area contributed by atoms with Gasteiger partial charge in [-0.1, -0.05) is 13.3 Å². The van der Waals surface area contributed by atoms with Gasteiger partial charge in [-0.05, 0) is 12.8 Å². The van der Waals surface area contributed by atoms with Crippen LogP contribution < -0.4 is 0 Å². The molecule has 0 saturated carbocycles. The average molecular weight is 180 g/mol. The number of hydrogen-bond acceptors (Lipinski definition) is 3. The minimum Gasteiger partial charge on any atom is -0.302 e. The van der Waals surface area contributed by atoms with Gasteiger partial charge in [-0.25, -0.2) is 4.57 Å². The van der Waals surface area contributed by atoms with Gasteiger partial charge >= 0.3 is 7.82 Å². The summed E-state index contributed by atoms with van der Waals surface area (Å²) in [5, 5.41) is 0. The summed E-state index contributed by atoms with van der Waals surface area (Å²) in [6, 6.07) is 0. The van der Waals surface area contributed by atoms with Gasteiger partial charge in [0.15, 0.2) is 0 Å². The maximum Gasteiger partial charge on any atom is 0.472 e. The van der Waals surface area contributed by atoms with Gasteiger partial charge < -0.3 is 4.89 Å². The molecule has 0 aromatic heterocycles. The first-order valence-electron chi connectivity index (χ1n) is 3.80. The van der Waals surface area contributed by atoms with Crippen molar-refractivity contribution < 1.29 is 18.5 Å². The van der Waals surface area contributed by atoms with Crippen LogP contribution in [0.15, 0.2) is 0 Å². The largest absolute Gasteiger partial charge is 0.472 e. The zero-order valence-electron chi connectivity index (χ0n) is 6.52. The molecule has 0 radical (unpaired) electrons. The highest BCUT2D eigenvalue weighted by molar-refractivity contribution is 7.47. The fraction of sp³-hybridized carbons (Fsp3) is 1.00. The normalized spacial score (nSPS) is 38.9. The Kier molecular flexibility index (Phi) is 3.07. The molecule has 11 heavy (non-hydrogen) atoms. The van der Waals surface area contributed by atoms with Crippen molar-refractivity contribution in [2.24, 2.45) is 0 Å². The molecule has 1 saturated heterocycles. The molecule has 0 aromatic carbocycles. The summed E-state index contributed by atoms with van der Waals surface area (Å²) in [5.41, 5.74) is 0. The van der Waals surface area contributed by atoms with Crippen LogP contribution in [0.25, 0.3) is 0 Å². The number of rotatable bonds is 2. The van der Waals surface area contributed by atoms with Crippen LogP contribution in [0.2, 0.25) is 0 Å². The first kappa shape index (κ1) is 9.20. The first-order chi connectivity index (χ1) is 5.14. The van der Waals surface area contributed by atoms with Gasteiger partial charge in [-0.2, -0.15) is 0 Å². The Balaban J connectivity index is 2.40. The molecule has 4 nitrogen and oxygen atoms in total. The molecule has 0 aliphatic carbocycles. The topological polar surface area (TPSA) is 55.8 Å². The van der Waals surface area contributed by atoms with Crippen molar-refractivity contribution in [3.8, 4) is 0 Å². The van der Waals surface area contributed by atoms with Crippen LogP contribution in [0.5, 0.6) is 0 Å². The maximum absolute atomic E-state index is 10.8. The molecule has 1 rings (SSSR count). The molecule has 0 aromatic rings. The van der Waals surface area contributed by atoms with Gasteiger partial charge in [-0.15, -0.1) is 0 Å². The molecule has 2 unspecified atom stereocenters. The van der Waals surface area contributed by atoms with Crippen LogP contribution >= 0.6 is 7.82 Å². The monoisotopic (exact) mass is 180 g/mol.